The number of hydrogen-bond donors (Lipinski definition) is 1. The van der Waals surface area contributed by atoms with Gasteiger partial charge in [0.25, 0.3) is 11.6 Å². The highest BCUT2D eigenvalue weighted by Crippen LogP contribution is 2.12. The van der Waals surface area contributed by atoms with Crippen molar-refractivity contribution in [1.82, 2.24) is 5.43 Å². The second kappa shape index (κ2) is 5.74. The lowest BCUT2D eigenvalue weighted by molar-refractivity contribution is -0.384. The van der Waals surface area contributed by atoms with Gasteiger partial charge >= 0.3 is 0 Å². The first-order valence-electron chi connectivity index (χ1n) is 5.08. The Morgan fingerprint density at radius 2 is 2.24 bits per heavy atom. The van der Waals surface area contributed by atoms with Crippen LogP contribution >= 0.6 is 0 Å². The summed E-state index contributed by atoms with van der Waals surface area (Å²) in [5.74, 6) is -0.244. The Morgan fingerprint density at radius 3 is 2.82 bits per heavy atom. The molecule has 0 aliphatic heterocycles. The first-order chi connectivity index (χ1) is 8.00. The third-order valence-corrected chi connectivity index (χ3v) is 1.86. The van der Waals surface area contributed by atoms with Crippen molar-refractivity contribution in [3.63, 3.8) is 0 Å². The van der Waals surface area contributed by atoms with E-state index in [1.807, 2.05) is 13.8 Å². The van der Waals surface area contributed by atoms with Crippen LogP contribution in [0.3, 0.4) is 0 Å². The number of nitrogens with zero attached hydrogens (tertiary/aromatic N) is 2. The van der Waals surface area contributed by atoms with E-state index in [4.69, 9.17) is 0 Å². The van der Waals surface area contributed by atoms with E-state index in [9.17, 15) is 14.9 Å². The largest absolute Gasteiger partial charge is 0.271 e. The lowest BCUT2D eigenvalue weighted by Crippen LogP contribution is -2.18. The Hall–Kier alpha value is -2.24. The fourth-order valence-electron chi connectivity index (χ4n) is 1.07. The highest BCUT2D eigenvalue weighted by molar-refractivity contribution is 5.94. The minimum atomic E-state index is -0.547. The van der Waals surface area contributed by atoms with Gasteiger partial charge in [-0.05, 0) is 12.0 Å². The molecule has 6 nitrogen and oxygen atoms in total. The van der Waals surface area contributed by atoms with Gasteiger partial charge in [-0.3, -0.25) is 14.9 Å². The summed E-state index contributed by atoms with van der Waals surface area (Å²) in [6.45, 7) is 3.84. The molecule has 0 aliphatic rings. The number of benzene rings is 1. The van der Waals surface area contributed by atoms with Crippen LogP contribution in [0.4, 0.5) is 5.69 Å². The third kappa shape index (κ3) is 4.02. The van der Waals surface area contributed by atoms with Crippen molar-refractivity contribution in [2.45, 2.75) is 13.8 Å². The van der Waals surface area contributed by atoms with Crippen LogP contribution in [0.1, 0.15) is 24.2 Å². The molecule has 1 amide bonds. The SMILES string of the molecule is CC(C)/C=N\NC(=O)c1cccc([N+](=O)[O-])c1. The molecular weight excluding hydrogens is 222 g/mol. The fourth-order valence-corrected chi connectivity index (χ4v) is 1.07. The Balaban J connectivity index is 2.75. The predicted octanol–water partition coefficient (Wildman–Crippen LogP) is 1.97. The Kier molecular flexibility index (Phi) is 4.33. The number of hydrazone groups is 1. The first kappa shape index (κ1) is 12.8. The summed E-state index contributed by atoms with van der Waals surface area (Å²) in [5, 5.41) is 14.3. The maximum Gasteiger partial charge on any atom is 0.271 e. The van der Waals surface area contributed by atoms with E-state index in [-0.39, 0.29) is 17.2 Å². The van der Waals surface area contributed by atoms with E-state index < -0.39 is 10.8 Å². The molecule has 1 rings (SSSR count). The molecule has 6 heteroatoms. The maximum absolute atomic E-state index is 11.6. The van der Waals surface area contributed by atoms with Gasteiger partial charge in [0.1, 0.15) is 0 Å². The van der Waals surface area contributed by atoms with Gasteiger partial charge in [-0.1, -0.05) is 19.9 Å². The molecule has 0 fully saturated rings. The van der Waals surface area contributed by atoms with Crippen LogP contribution in [-0.4, -0.2) is 17.0 Å². The minimum absolute atomic E-state index is 0.120. The first-order valence-corrected chi connectivity index (χ1v) is 5.08. The number of rotatable bonds is 4. The van der Waals surface area contributed by atoms with Crippen molar-refractivity contribution in [2.75, 3.05) is 0 Å². The van der Waals surface area contributed by atoms with Crippen molar-refractivity contribution >= 4 is 17.8 Å². The van der Waals surface area contributed by atoms with Crippen LogP contribution in [0.5, 0.6) is 0 Å². The molecule has 0 spiro atoms. The quantitative estimate of drug-likeness (QED) is 0.491. The number of carbonyl (C=O) groups excluding carboxylic acids is 1. The number of nitro groups is 1. The summed E-state index contributed by atoms with van der Waals surface area (Å²) in [7, 11) is 0. The Bertz CT molecular complexity index is 455. The zero-order chi connectivity index (χ0) is 12.8. The van der Waals surface area contributed by atoms with Gasteiger partial charge in [0.15, 0.2) is 0 Å². The van der Waals surface area contributed by atoms with E-state index in [0.29, 0.717) is 0 Å². The number of hydrogen-bond acceptors (Lipinski definition) is 4. The number of non-ortho nitro benzene ring substituents is 1. The monoisotopic (exact) mass is 235 g/mol. The summed E-state index contributed by atoms with van der Waals surface area (Å²) >= 11 is 0. The molecule has 1 N–H and O–H groups in total. The van der Waals surface area contributed by atoms with Gasteiger partial charge in [-0.2, -0.15) is 5.10 Å². The zero-order valence-electron chi connectivity index (χ0n) is 9.58. The molecule has 0 saturated carbocycles. The molecule has 0 saturated heterocycles. The average Bonchev–Trinajstić information content (AvgIpc) is 2.28. The van der Waals surface area contributed by atoms with Gasteiger partial charge in [0, 0.05) is 23.9 Å². The molecular formula is C11H13N3O3. The van der Waals surface area contributed by atoms with Crippen LogP contribution in [0, 0.1) is 16.0 Å². The zero-order valence-corrected chi connectivity index (χ0v) is 9.58. The topological polar surface area (TPSA) is 84.6 Å². The molecule has 1 aromatic rings. The summed E-state index contributed by atoms with van der Waals surface area (Å²) < 4.78 is 0. The molecule has 1 aromatic carbocycles. The smallest absolute Gasteiger partial charge is 0.267 e. The van der Waals surface area contributed by atoms with Crippen LogP contribution in [0.2, 0.25) is 0 Å². The van der Waals surface area contributed by atoms with Gasteiger partial charge in [-0.25, -0.2) is 5.43 Å². The minimum Gasteiger partial charge on any atom is -0.267 e. The van der Waals surface area contributed by atoms with Crippen molar-refractivity contribution in [3.8, 4) is 0 Å². The summed E-state index contributed by atoms with van der Waals surface area (Å²) in [5.41, 5.74) is 2.39. The second-order valence-corrected chi connectivity index (χ2v) is 3.77. The van der Waals surface area contributed by atoms with Crippen molar-refractivity contribution in [2.24, 2.45) is 11.0 Å². The number of amides is 1. The maximum atomic E-state index is 11.6. The molecule has 0 aliphatic carbocycles. The lowest BCUT2D eigenvalue weighted by atomic mass is 10.2. The average molecular weight is 235 g/mol. The molecule has 0 atom stereocenters. The van der Waals surface area contributed by atoms with Crippen LogP contribution in [0.25, 0.3) is 0 Å². The summed E-state index contributed by atoms with van der Waals surface area (Å²) in [4.78, 5) is 21.5. The molecule has 0 heterocycles. The van der Waals surface area contributed by atoms with Crippen LogP contribution in [-0.2, 0) is 0 Å². The molecule has 90 valence electrons. The Morgan fingerprint density at radius 1 is 1.53 bits per heavy atom. The van der Waals surface area contributed by atoms with E-state index in [0.717, 1.165) is 0 Å². The summed E-state index contributed by atoms with van der Waals surface area (Å²) in [6, 6.07) is 5.49. The highest BCUT2D eigenvalue weighted by Gasteiger charge is 2.10. The molecule has 0 bridgehead atoms. The standard InChI is InChI=1S/C11H13N3O3/c1-8(2)7-12-13-11(15)9-4-3-5-10(6-9)14(16)17/h3-8H,1-2H3,(H,13,15)/b12-7-. The number of nitrogens with one attached hydrogen (secondary N) is 1. The van der Waals surface area contributed by atoms with E-state index in [2.05, 4.69) is 10.5 Å². The van der Waals surface area contributed by atoms with Crippen molar-refractivity contribution < 1.29 is 9.72 Å². The normalized spacial score (nSPS) is 10.8. The molecule has 0 aromatic heterocycles. The van der Waals surface area contributed by atoms with E-state index in [1.165, 1.54) is 24.3 Å². The highest BCUT2D eigenvalue weighted by atomic mass is 16.6. The van der Waals surface area contributed by atoms with Crippen molar-refractivity contribution in [3.05, 3.63) is 39.9 Å². The van der Waals surface area contributed by atoms with E-state index in [1.54, 1.807) is 6.21 Å². The fraction of sp³-hybridized carbons (Fsp3) is 0.273. The van der Waals surface area contributed by atoms with Gasteiger partial charge < -0.3 is 0 Å². The lowest BCUT2D eigenvalue weighted by Gasteiger charge is -2.00. The molecule has 0 unspecified atom stereocenters. The molecule has 17 heavy (non-hydrogen) atoms. The van der Waals surface area contributed by atoms with Crippen LogP contribution < -0.4 is 5.43 Å². The molecule has 0 radical (unpaired) electrons. The van der Waals surface area contributed by atoms with Crippen LogP contribution in [0.15, 0.2) is 29.4 Å². The third-order valence-electron chi connectivity index (χ3n) is 1.86. The number of nitro benzene ring substituents is 1. The van der Waals surface area contributed by atoms with Gasteiger partial charge in [0.2, 0.25) is 0 Å². The number of carbonyl (C=O) groups is 1. The summed E-state index contributed by atoms with van der Waals surface area (Å²) in [6.07, 6.45) is 1.58. The van der Waals surface area contributed by atoms with Gasteiger partial charge in [-0.15, -0.1) is 0 Å². The van der Waals surface area contributed by atoms with Crippen molar-refractivity contribution in [1.29, 1.82) is 0 Å². The van der Waals surface area contributed by atoms with Gasteiger partial charge in [0.05, 0.1) is 4.92 Å². The predicted molar refractivity (Wildman–Crippen MR) is 63.9 cm³/mol. The van der Waals surface area contributed by atoms with E-state index >= 15 is 0 Å². The second-order valence-electron chi connectivity index (χ2n) is 3.77. The Labute approximate surface area is 98.5 Å².